The molecule has 0 aliphatic heterocycles. The predicted molar refractivity (Wildman–Crippen MR) is 147 cm³/mol. The van der Waals surface area contributed by atoms with E-state index in [1.807, 2.05) is 79.9 Å². The summed E-state index contributed by atoms with van der Waals surface area (Å²) in [7, 11) is 0. The Morgan fingerprint density at radius 2 is 1.78 bits per heavy atom. The molecule has 0 radical (unpaired) electrons. The second kappa shape index (κ2) is 12.0. The van der Waals surface area contributed by atoms with Crippen molar-refractivity contribution in [1.29, 1.82) is 0 Å². The van der Waals surface area contributed by atoms with Gasteiger partial charge in [0.1, 0.15) is 5.75 Å². The number of rotatable bonds is 10. The van der Waals surface area contributed by atoms with E-state index in [1.165, 1.54) is 11.8 Å². The average Bonchev–Trinajstić information content (AvgIpc) is 3.28. The summed E-state index contributed by atoms with van der Waals surface area (Å²) >= 11 is 7.41. The highest BCUT2D eigenvalue weighted by molar-refractivity contribution is 7.99. The van der Waals surface area contributed by atoms with Crippen molar-refractivity contribution in [3.8, 4) is 11.4 Å². The summed E-state index contributed by atoms with van der Waals surface area (Å²) in [4.78, 5) is 12.7. The fourth-order valence-corrected chi connectivity index (χ4v) is 4.47. The van der Waals surface area contributed by atoms with Crippen LogP contribution in [0.1, 0.15) is 23.9 Å². The molecule has 36 heavy (non-hydrogen) atoms. The van der Waals surface area contributed by atoms with E-state index in [2.05, 4.69) is 20.8 Å². The first kappa shape index (κ1) is 25.6. The van der Waals surface area contributed by atoms with Crippen LogP contribution >= 0.6 is 23.4 Å². The van der Waals surface area contributed by atoms with Crippen molar-refractivity contribution < 1.29 is 9.53 Å². The molecule has 0 unspecified atom stereocenters. The highest BCUT2D eigenvalue weighted by atomic mass is 35.5. The number of amides is 1. The Morgan fingerprint density at radius 3 is 2.50 bits per heavy atom. The molecule has 186 valence electrons. The van der Waals surface area contributed by atoms with Crippen LogP contribution in [0, 0.1) is 13.8 Å². The second-order valence-corrected chi connectivity index (χ2v) is 9.56. The summed E-state index contributed by atoms with van der Waals surface area (Å²) in [6.07, 6.45) is 0. The summed E-state index contributed by atoms with van der Waals surface area (Å²) < 4.78 is 7.49. The molecule has 0 saturated heterocycles. The van der Waals surface area contributed by atoms with Crippen molar-refractivity contribution in [3.05, 3.63) is 88.7 Å². The maximum Gasteiger partial charge on any atom is 0.234 e. The SMILES string of the molecule is CCOc1ccc(NCc2nnc(SCC(=O)Nc3cc(Cl)ccc3C)n2-c2ccc(C)cc2)cc1. The number of carbonyl (C=O) groups excluding carboxylic acids is 1. The Bertz CT molecular complexity index is 1320. The zero-order valence-electron chi connectivity index (χ0n) is 20.4. The Hall–Kier alpha value is -3.49. The van der Waals surface area contributed by atoms with Crippen molar-refractivity contribution >= 4 is 40.6 Å². The Balaban J connectivity index is 1.49. The number of thioether (sulfide) groups is 1. The number of anilines is 2. The van der Waals surface area contributed by atoms with Crippen LogP contribution in [-0.4, -0.2) is 33.0 Å². The first-order valence-electron chi connectivity index (χ1n) is 11.6. The van der Waals surface area contributed by atoms with Crippen LogP contribution < -0.4 is 15.4 Å². The zero-order chi connectivity index (χ0) is 25.5. The van der Waals surface area contributed by atoms with Crippen LogP contribution in [0.2, 0.25) is 5.02 Å². The highest BCUT2D eigenvalue weighted by Crippen LogP contribution is 2.25. The minimum atomic E-state index is -0.141. The number of hydrogen-bond donors (Lipinski definition) is 2. The van der Waals surface area contributed by atoms with Gasteiger partial charge in [0.15, 0.2) is 11.0 Å². The summed E-state index contributed by atoms with van der Waals surface area (Å²) in [5.74, 6) is 1.61. The van der Waals surface area contributed by atoms with E-state index < -0.39 is 0 Å². The molecule has 0 atom stereocenters. The monoisotopic (exact) mass is 521 g/mol. The molecule has 9 heteroatoms. The lowest BCUT2D eigenvalue weighted by Gasteiger charge is -2.12. The molecule has 1 aromatic heterocycles. The van der Waals surface area contributed by atoms with Gasteiger partial charge in [-0.25, -0.2) is 0 Å². The highest BCUT2D eigenvalue weighted by Gasteiger charge is 2.16. The number of ether oxygens (including phenoxy) is 1. The number of hydrogen-bond acceptors (Lipinski definition) is 6. The van der Waals surface area contributed by atoms with E-state index in [1.54, 1.807) is 12.1 Å². The molecule has 0 spiro atoms. The van der Waals surface area contributed by atoms with E-state index in [9.17, 15) is 4.79 Å². The minimum absolute atomic E-state index is 0.141. The van der Waals surface area contributed by atoms with Gasteiger partial charge in [0.25, 0.3) is 0 Å². The molecule has 3 aromatic carbocycles. The van der Waals surface area contributed by atoms with Crippen LogP contribution in [0.25, 0.3) is 5.69 Å². The number of aromatic nitrogens is 3. The Kier molecular flexibility index (Phi) is 8.51. The van der Waals surface area contributed by atoms with Crippen LogP contribution in [0.15, 0.2) is 71.9 Å². The van der Waals surface area contributed by atoms with Gasteiger partial charge in [-0.05, 0) is 74.9 Å². The molecule has 4 rings (SSSR count). The van der Waals surface area contributed by atoms with E-state index >= 15 is 0 Å². The van der Waals surface area contributed by atoms with Crippen molar-refractivity contribution in [3.63, 3.8) is 0 Å². The third-order valence-electron chi connectivity index (χ3n) is 5.41. The third-order valence-corrected chi connectivity index (χ3v) is 6.58. The fraction of sp³-hybridized carbons (Fsp3) is 0.222. The fourth-order valence-electron chi connectivity index (χ4n) is 3.52. The standard InChI is InChI=1S/C27H28ClN5O2S/c1-4-35-23-13-9-21(10-14-23)29-16-25-31-32-27(33(25)22-11-5-18(2)6-12-22)36-17-26(34)30-24-15-20(28)8-7-19(24)3/h5-15,29H,4,16-17H2,1-3H3,(H,30,34). The topological polar surface area (TPSA) is 81.1 Å². The first-order chi connectivity index (χ1) is 17.4. The van der Waals surface area contributed by atoms with Gasteiger partial charge in [0.2, 0.25) is 5.91 Å². The average molecular weight is 522 g/mol. The minimum Gasteiger partial charge on any atom is -0.494 e. The van der Waals surface area contributed by atoms with Gasteiger partial charge >= 0.3 is 0 Å². The van der Waals surface area contributed by atoms with Crippen molar-refractivity contribution in [2.75, 3.05) is 23.0 Å². The summed E-state index contributed by atoms with van der Waals surface area (Å²) in [5.41, 5.74) is 4.69. The Labute approximate surface area is 220 Å². The van der Waals surface area contributed by atoms with Gasteiger partial charge in [0, 0.05) is 22.1 Å². The van der Waals surface area contributed by atoms with Gasteiger partial charge in [-0.15, -0.1) is 10.2 Å². The van der Waals surface area contributed by atoms with Crippen molar-refractivity contribution in [1.82, 2.24) is 14.8 Å². The molecular formula is C27H28ClN5O2S. The lowest BCUT2D eigenvalue weighted by Crippen LogP contribution is -2.15. The molecule has 0 aliphatic rings. The first-order valence-corrected chi connectivity index (χ1v) is 13.0. The molecule has 0 aliphatic carbocycles. The summed E-state index contributed by atoms with van der Waals surface area (Å²) in [6, 6.07) is 21.4. The quantitative estimate of drug-likeness (QED) is 0.239. The molecule has 1 heterocycles. The van der Waals surface area contributed by atoms with Crippen molar-refractivity contribution in [2.24, 2.45) is 0 Å². The lowest BCUT2D eigenvalue weighted by molar-refractivity contribution is -0.113. The largest absolute Gasteiger partial charge is 0.494 e. The number of aryl methyl sites for hydroxylation is 2. The normalized spacial score (nSPS) is 10.8. The van der Waals surface area contributed by atoms with Crippen LogP contribution in [0.3, 0.4) is 0 Å². The van der Waals surface area contributed by atoms with Gasteiger partial charge in [-0.2, -0.15) is 0 Å². The number of carbonyl (C=O) groups is 1. The third kappa shape index (κ3) is 6.59. The molecular weight excluding hydrogens is 494 g/mol. The van der Waals surface area contributed by atoms with Gasteiger partial charge in [-0.1, -0.05) is 47.1 Å². The van der Waals surface area contributed by atoms with Crippen LogP contribution in [-0.2, 0) is 11.3 Å². The van der Waals surface area contributed by atoms with Gasteiger partial charge < -0.3 is 15.4 Å². The van der Waals surface area contributed by atoms with E-state index in [0.29, 0.717) is 29.0 Å². The van der Waals surface area contributed by atoms with E-state index in [4.69, 9.17) is 16.3 Å². The number of nitrogens with one attached hydrogen (secondary N) is 2. The molecule has 2 N–H and O–H groups in total. The van der Waals surface area contributed by atoms with E-state index in [0.717, 1.165) is 34.1 Å². The number of nitrogens with zero attached hydrogens (tertiary/aromatic N) is 3. The van der Waals surface area contributed by atoms with Gasteiger partial charge in [-0.3, -0.25) is 9.36 Å². The second-order valence-electron chi connectivity index (χ2n) is 8.18. The maximum atomic E-state index is 12.7. The molecule has 0 saturated carbocycles. The zero-order valence-corrected chi connectivity index (χ0v) is 22.0. The maximum absolute atomic E-state index is 12.7. The van der Waals surface area contributed by atoms with E-state index in [-0.39, 0.29) is 11.7 Å². The predicted octanol–water partition coefficient (Wildman–Crippen LogP) is 6.28. The number of halogens is 1. The Morgan fingerprint density at radius 1 is 1.03 bits per heavy atom. The molecule has 4 aromatic rings. The van der Waals surface area contributed by atoms with Gasteiger partial charge in [0.05, 0.1) is 18.9 Å². The summed E-state index contributed by atoms with van der Waals surface area (Å²) in [5, 5.41) is 16.4. The molecule has 0 bridgehead atoms. The molecule has 1 amide bonds. The van der Waals surface area contributed by atoms with Crippen LogP contribution in [0.5, 0.6) is 5.75 Å². The van der Waals surface area contributed by atoms with Crippen LogP contribution in [0.4, 0.5) is 11.4 Å². The smallest absolute Gasteiger partial charge is 0.234 e. The van der Waals surface area contributed by atoms with Crippen molar-refractivity contribution in [2.45, 2.75) is 32.5 Å². The lowest BCUT2D eigenvalue weighted by atomic mass is 10.2. The number of benzene rings is 3. The summed E-state index contributed by atoms with van der Waals surface area (Å²) in [6.45, 7) is 7.02. The molecule has 0 fully saturated rings. The molecule has 7 nitrogen and oxygen atoms in total.